The molecule has 0 radical (unpaired) electrons. The molecule has 0 aliphatic heterocycles. The first kappa shape index (κ1) is 8.58. The monoisotopic (exact) mass is 150 g/mol. The molecule has 0 aromatic carbocycles. The van der Waals surface area contributed by atoms with Crippen LogP contribution in [0.25, 0.3) is 0 Å². The van der Waals surface area contributed by atoms with E-state index in [1.54, 1.807) is 0 Å². The van der Waals surface area contributed by atoms with Gasteiger partial charge in [0, 0.05) is 0 Å². The summed E-state index contributed by atoms with van der Waals surface area (Å²) in [7, 11) is 0. The third kappa shape index (κ3) is 2.92. The molecule has 0 aromatic rings. The largest absolute Gasteiger partial charge is 0.0995 e. The molecular formula is C11H18. The van der Waals surface area contributed by atoms with Gasteiger partial charge in [-0.25, -0.2) is 0 Å². The van der Waals surface area contributed by atoms with E-state index < -0.39 is 0 Å². The topological polar surface area (TPSA) is 0 Å². The van der Waals surface area contributed by atoms with E-state index in [0.29, 0.717) is 5.92 Å². The third-order valence-corrected chi connectivity index (χ3v) is 2.39. The SMILES string of the molecule is C=C(C)C1C=CCCCCC1. The summed E-state index contributed by atoms with van der Waals surface area (Å²) in [5.41, 5.74) is 1.32. The summed E-state index contributed by atoms with van der Waals surface area (Å²) in [5.74, 6) is 0.662. The highest BCUT2D eigenvalue weighted by molar-refractivity contribution is 5.07. The van der Waals surface area contributed by atoms with Gasteiger partial charge in [0.15, 0.2) is 0 Å². The minimum absolute atomic E-state index is 0.662. The lowest BCUT2D eigenvalue weighted by molar-refractivity contribution is 0.567. The summed E-state index contributed by atoms with van der Waals surface area (Å²) in [6.07, 6.45) is 11.4. The second kappa shape index (κ2) is 4.38. The van der Waals surface area contributed by atoms with Crippen LogP contribution in [0.15, 0.2) is 24.3 Å². The minimum Gasteiger partial charge on any atom is -0.0995 e. The second-order valence-electron chi connectivity index (χ2n) is 3.52. The molecule has 0 aromatic heterocycles. The van der Waals surface area contributed by atoms with Crippen molar-refractivity contribution in [1.82, 2.24) is 0 Å². The van der Waals surface area contributed by atoms with Crippen molar-refractivity contribution in [2.75, 3.05) is 0 Å². The van der Waals surface area contributed by atoms with Crippen molar-refractivity contribution in [2.45, 2.75) is 39.0 Å². The highest BCUT2D eigenvalue weighted by atomic mass is 14.1. The smallest absolute Gasteiger partial charge is 0.00287 e. The average molecular weight is 150 g/mol. The minimum atomic E-state index is 0.662. The van der Waals surface area contributed by atoms with Crippen LogP contribution in [0.3, 0.4) is 0 Å². The van der Waals surface area contributed by atoms with Gasteiger partial charge in [0.05, 0.1) is 0 Å². The Hall–Kier alpha value is -0.520. The Labute approximate surface area is 70.0 Å². The van der Waals surface area contributed by atoms with Crippen molar-refractivity contribution in [3.05, 3.63) is 24.3 Å². The van der Waals surface area contributed by atoms with Crippen molar-refractivity contribution >= 4 is 0 Å². The molecule has 1 aliphatic carbocycles. The van der Waals surface area contributed by atoms with Crippen LogP contribution in [0.4, 0.5) is 0 Å². The molecule has 0 amide bonds. The lowest BCUT2D eigenvalue weighted by Gasteiger charge is -2.14. The van der Waals surface area contributed by atoms with E-state index >= 15 is 0 Å². The van der Waals surface area contributed by atoms with Crippen LogP contribution in [-0.4, -0.2) is 0 Å². The summed E-state index contributed by atoms with van der Waals surface area (Å²) in [6, 6.07) is 0. The maximum Gasteiger partial charge on any atom is -0.00287 e. The lowest BCUT2D eigenvalue weighted by Crippen LogP contribution is -1.99. The molecule has 0 nitrogen and oxygen atoms in total. The Morgan fingerprint density at radius 3 is 2.91 bits per heavy atom. The Bertz CT molecular complexity index is 153. The molecule has 0 fully saturated rings. The molecule has 1 aliphatic rings. The molecule has 0 spiro atoms. The van der Waals surface area contributed by atoms with Gasteiger partial charge in [-0.3, -0.25) is 0 Å². The van der Waals surface area contributed by atoms with Crippen molar-refractivity contribution < 1.29 is 0 Å². The zero-order valence-electron chi connectivity index (χ0n) is 7.47. The fourth-order valence-electron chi connectivity index (χ4n) is 1.57. The van der Waals surface area contributed by atoms with Gasteiger partial charge >= 0.3 is 0 Å². The standard InChI is InChI=1S/C11H18/c1-10(2)11-8-6-4-3-5-7-9-11/h6,8,11H,1,3-5,7,9H2,2H3. The Balaban J connectivity index is 2.48. The van der Waals surface area contributed by atoms with E-state index in [4.69, 9.17) is 0 Å². The molecule has 1 rings (SSSR count). The molecule has 1 atom stereocenters. The Morgan fingerprint density at radius 1 is 1.36 bits per heavy atom. The van der Waals surface area contributed by atoms with Crippen molar-refractivity contribution in [3.63, 3.8) is 0 Å². The van der Waals surface area contributed by atoms with Crippen LogP contribution in [0.5, 0.6) is 0 Å². The number of allylic oxidation sites excluding steroid dienone is 3. The van der Waals surface area contributed by atoms with Gasteiger partial charge in [-0.05, 0) is 32.1 Å². The predicted molar refractivity (Wildman–Crippen MR) is 50.5 cm³/mol. The Morgan fingerprint density at radius 2 is 2.18 bits per heavy atom. The number of hydrogen-bond acceptors (Lipinski definition) is 0. The third-order valence-electron chi connectivity index (χ3n) is 2.39. The first-order chi connectivity index (χ1) is 5.30. The maximum atomic E-state index is 4.00. The maximum absolute atomic E-state index is 4.00. The quantitative estimate of drug-likeness (QED) is 0.500. The van der Waals surface area contributed by atoms with Crippen molar-refractivity contribution in [2.24, 2.45) is 5.92 Å². The molecule has 1 unspecified atom stereocenters. The van der Waals surface area contributed by atoms with E-state index in [1.165, 1.54) is 37.7 Å². The van der Waals surface area contributed by atoms with Crippen LogP contribution >= 0.6 is 0 Å². The highest BCUT2D eigenvalue weighted by Crippen LogP contribution is 2.21. The average Bonchev–Trinajstić information content (AvgIpc) is 1.84. The number of rotatable bonds is 1. The van der Waals surface area contributed by atoms with E-state index in [2.05, 4.69) is 25.7 Å². The van der Waals surface area contributed by atoms with E-state index in [1.807, 2.05) is 0 Å². The molecule has 0 saturated carbocycles. The van der Waals surface area contributed by atoms with Crippen molar-refractivity contribution in [3.8, 4) is 0 Å². The molecule has 0 saturated heterocycles. The second-order valence-corrected chi connectivity index (χ2v) is 3.52. The van der Waals surface area contributed by atoms with Crippen LogP contribution in [0, 0.1) is 5.92 Å². The lowest BCUT2D eigenvalue weighted by atomic mass is 9.92. The molecule has 11 heavy (non-hydrogen) atoms. The fraction of sp³-hybridized carbons (Fsp3) is 0.636. The molecule has 62 valence electrons. The summed E-state index contributed by atoms with van der Waals surface area (Å²) in [6.45, 7) is 6.14. The highest BCUT2D eigenvalue weighted by Gasteiger charge is 2.06. The number of hydrogen-bond donors (Lipinski definition) is 0. The summed E-state index contributed by atoms with van der Waals surface area (Å²) >= 11 is 0. The molecule has 0 N–H and O–H groups in total. The van der Waals surface area contributed by atoms with E-state index in [-0.39, 0.29) is 0 Å². The first-order valence-corrected chi connectivity index (χ1v) is 4.63. The zero-order valence-corrected chi connectivity index (χ0v) is 7.47. The summed E-state index contributed by atoms with van der Waals surface area (Å²) < 4.78 is 0. The van der Waals surface area contributed by atoms with Crippen LogP contribution in [0.2, 0.25) is 0 Å². The summed E-state index contributed by atoms with van der Waals surface area (Å²) in [5, 5.41) is 0. The van der Waals surface area contributed by atoms with Gasteiger partial charge in [0.1, 0.15) is 0 Å². The van der Waals surface area contributed by atoms with Gasteiger partial charge in [-0.1, -0.05) is 37.1 Å². The predicted octanol–water partition coefficient (Wildman–Crippen LogP) is 3.70. The van der Waals surface area contributed by atoms with E-state index in [0.717, 1.165) is 0 Å². The summed E-state index contributed by atoms with van der Waals surface area (Å²) in [4.78, 5) is 0. The molecule has 0 bridgehead atoms. The zero-order chi connectivity index (χ0) is 8.10. The van der Waals surface area contributed by atoms with Gasteiger partial charge in [-0.2, -0.15) is 0 Å². The molecule has 0 heteroatoms. The Kier molecular flexibility index (Phi) is 3.41. The van der Waals surface area contributed by atoms with Gasteiger partial charge < -0.3 is 0 Å². The molecule has 0 heterocycles. The first-order valence-electron chi connectivity index (χ1n) is 4.63. The normalized spacial score (nSPS) is 25.7. The van der Waals surface area contributed by atoms with Crippen LogP contribution < -0.4 is 0 Å². The fourth-order valence-corrected chi connectivity index (χ4v) is 1.57. The van der Waals surface area contributed by atoms with Gasteiger partial charge in [-0.15, -0.1) is 0 Å². The van der Waals surface area contributed by atoms with E-state index in [9.17, 15) is 0 Å². The van der Waals surface area contributed by atoms with Gasteiger partial charge in [0.25, 0.3) is 0 Å². The van der Waals surface area contributed by atoms with Crippen LogP contribution in [0.1, 0.15) is 39.0 Å². The van der Waals surface area contributed by atoms with Crippen molar-refractivity contribution in [1.29, 1.82) is 0 Å². The van der Waals surface area contributed by atoms with Crippen LogP contribution in [-0.2, 0) is 0 Å². The van der Waals surface area contributed by atoms with Gasteiger partial charge in [0.2, 0.25) is 0 Å². The molecular weight excluding hydrogens is 132 g/mol.